The maximum absolute atomic E-state index is 5.26. The van der Waals surface area contributed by atoms with Gasteiger partial charge >= 0.3 is 71.9 Å². The van der Waals surface area contributed by atoms with Gasteiger partial charge in [0.25, 0.3) is 0 Å². The molecule has 0 fully saturated rings. The third-order valence-electron chi connectivity index (χ3n) is 1.35. The first-order valence-corrected chi connectivity index (χ1v) is 7.15. The van der Waals surface area contributed by atoms with E-state index in [0.29, 0.717) is 0 Å². The van der Waals surface area contributed by atoms with Crippen LogP contribution >= 0.6 is 0 Å². The van der Waals surface area contributed by atoms with Gasteiger partial charge in [0, 0.05) is 0 Å². The van der Waals surface area contributed by atoms with Crippen molar-refractivity contribution in [2.45, 2.75) is 24.2 Å². The first-order chi connectivity index (χ1) is 4.93. The Morgan fingerprint density at radius 3 is 3.10 bits per heavy atom. The molecule has 10 heavy (non-hydrogen) atoms. The van der Waals surface area contributed by atoms with Gasteiger partial charge in [-0.15, -0.1) is 0 Å². The molecule has 2 radical (unpaired) electrons. The number of hydrogen-bond acceptors (Lipinski definition) is 1. The van der Waals surface area contributed by atoms with E-state index in [0.717, 1.165) is 0 Å². The van der Waals surface area contributed by atoms with Crippen molar-refractivity contribution in [2.75, 3.05) is 0 Å². The SMILES string of the molecule is CCC[CH2][Sn][c]1ccco1. The van der Waals surface area contributed by atoms with Crippen LogP contribution in [0.15, 0.2) is 22.8 Å². The quantitative estimate of drug-likeness (QED) is 0.580. The molecule has 1 aromatic heterocycles. The van der Waals surface area contributed by atoms with Gasteiger partial charge in [0.2, 0.25) is 0 Å². The Hall–Kier alpha value is 0.0787. The molecule has 2 heteroatoms. The average molecular weight is 243 g/mol. The number of rotatable bonds is 4. The van der Waals surface area contributed by atoms with Crippen LogP contribution in [0.2, 0.25) is 4.44 Å². The topological polar surface area (TPSA) is 13.1 Å². The summed E-state index contributed by atoms with van der Waals surface area (Å²) in [5.74, 6) is 0. The summed E-state index contributed by atoms with van der Waals surface area (Å²) in [5, 5.41) is 0. The first kappa shape index (κ1) is 8.18. The van der Waals surface area contributed by atoms with Crippen LogP contribution in [-0.2, 0) is 0 Å². The maximum atomic E-state index is 5.26. The molecule has 0 aromatic carbocycles. The molecule has 0 saturated heterocycles. The molecular formula is C8H12OSn. The van der Waals surface area contributed by atoms with Crippen LogP contribution < -0.4 is 3.78 Å². The zero-order valence-corrected chi connectivity index (χ0v) is 9.12. The van der Waals surface area contributed by atoms with Crippen molar-refractivity contribution in [3.05, 3.63) is 18.4 Å². The van der Waals surface area contributed by atoms with Crippen LogP contribution in [0.25, 0.3) is 0 Å². The van der Waals surface area contributed by atoms with Gasteiger partial charge in [-0.05, 0) is 0 Å². The minimum absolute atomic E-state index is 0.303. The van der Waals surface area contributed by atoms with E-state index in [1.54, 1.807) is 6.26 Å². The summed E-state index contributed by atoms with van der Waals surface area (Å²) >= 11 is -0.303. The Labute approximate surface area is 72.0 Å². The standard InChI is InChI=1S/C4H3O.C4H9.Sn/c1-2-4-5-3-1;1-3-4-2;/h1-3H;1,3-4H2,2H3;. The van der Waals surface area contributed by atoms with E-state index in [-0.39, 0.29) is 21.1 Å². The predicted octanol–water partition coefficient (Wildman–Crippen LogP) is 1.83. The molecule has 0 amide bonds. The molecule has 0 aliphatic heterocycles. The zero-order chi connectivity index (χ0) is 7.23. The summed E-state index contributed by atoms with van der Waals surface area (Å²) in [5.41, 5.74) is 0. The van der Waals surface area contributed by atoms with E-state index >= 15 is 0 Å². The Morgan fingerprint density at radius 1 is 1.60 bits per heavy atom. The Kier molecular flexibility index (Phi) is 3.95. The normalized spacial score (nSPS) is 10.1. The summed E-state index contributed by atoms with van der Waals surface area (Å²) in [6.07, 6.45) is 4.48. The molecule has 0 bridgehead atoms. The van der Waals surface area contributed by atoms with Gasteiger partial charge in [-0.25, -0.2) is 0 Å². The van der Waals surface area contributed by atoms with Crippen molar-refractivity contribution in [1.29, 1.82) is 0 Å². The van der Waals surface area contributed by atoms with Crippen molar-refractivity contribution in [2.24, 2.45) is 0 Å². The number of furan rings is 1. The van der Waals surface area contributed by atoms with Crippen LogP contribution in [0.3, 0.4) is 0 Å². The molecule has 0 unspecified atom stereocenters. The summed E-state index contributed by atoms with van der Waals surface area (Å²) in [7, 11) is 0. The van der Waals surface area contributed by atoms with Crippen molar-refractivity contribution in [3.63, 3.8) is 0 Å². The molecule has 1 heterocycles. The fourth-order valence-corrected chi connectivity index (χ4v) is 4.03. The van der Waals surface area contributed by atoms with Crippen molar-refractivity contribution >= 4 is 24.9 Å². The molecule has 0 saturated carbocycles. The molecule has 54 valence electrons. The third-order valence-corrected chi connectivity index (χ3v) is 4.88. The number of hydrogen-bond donors (Lipinski definition) is 0. The van der Waals surface area contributed by atoms with Crippen molar-refractivity contribution < 1.29 is 4.42 Å². The predicted molar refractivity (Wildman–Crippen MR) is 43.8 cm³/mol. The molecule has 0 N–H and O–H groups in total. The first-order valence-electron chi connectivity index (χ1n) is 3.71. The molecule has 0 aliphatic rings. The van der Waals surface area contributed by atoms with Gasteiger partial charge in [0.1, 0.15) is 0 Å². The monoisotopic (exact) mass is 244 g/mol. The van der Waals surface area contributed by atoms with Gasteiger partial charge in [-0.1, -0.05) is 0 Å². The van der Waals surface area contributed by atoms with E-state index < -0.39 is 0 Å². The van der Waals surface area contributed by atoms with E-state index in [2.05, 4.69) is 13.0 Å². The van der Waals surface area contributed by atoms with Crippen LogP contribution in [0.5, 0.6) is 0 Å². The van der Waals surface area contributed by atoms with Gasteiger partial charge in [-0.2, -0.15) is 0 Å². The zero-order valence-electron chi connectivity index (χ0n) is 6.26. The van der Waals surface area contributed by atoms with Crippen molar-refractivity contribution in [3.8, 4) is 0 Å². The van der Waals surface area contributed by atoms with Gasteiger partial charge in [-0.3, -0.25) is 0 Å². The molecule has 0 atom stereocenters. The second-order valence-electron chi connectivity index (χ2n) is 2.26. The van der Waals surface area contributed by atoms with Crippen LogP contribution in [0.1, 0.15) is 19.8 Å². The number of unbranched alkanes of at least 4 members (excludes halogenated alkanes) is 1. The van der Waals surface area contributed by atoms with E-state index in [1.807, 2.05) is 6.07 Å². The van der Waals surface area contributed by atoms with Crippen LogP contribution in [-0.4, -0.2) is 21.1 Å². The Bertz CT molecular complexity index is 158. The Balaban J connectivity index is 2.15. The van der Waals surface area contributed by atoms with Gasteiger partial charge < -0.3 is 0 Å². The summed E-state index contributed by atoms with van der Waals surface area (Å²) < 4.78 is 7.97. The van der Waals surface area contributed by atoms with Gasteiger partial charge in [0.15, 0.2) is 0 Å². The minimum atomic E-state index is -0.303. The molecule has 0 spiro atoms. The Morgan fingerprint density at radius 2 is 2.50 bits per heavy atom. The van der Waals surface area contributed by atoms with E-state index in [4.69, 9.17) is 4.42 Å². The fraction of sp³-hybridized carbons (Fsp3) is 0.500. The third kappa shape index (κ3) is 2.77. The average Bonchev–Trinajstić information content (AvgIpc) is 2.41. The summed E-state index contributed by atoms with van der Waals surface area (Å²) in [4.78, 5) is 0. The molecule has 0 aliphatic carbocycles. The molecule has 1 rings (SSSR count). The second kappa shape index (κ2) is 4.83. The fourth-order valence-electron chi connectivity index (χ4n) is 0.768. The van der Waals surface area contributed by atoms with E-state index in [1.165, 1.54) is 21.1 Å². The molecular weight excluding hydrogens is 231 g/mol. The molecule has 1 nitrogen and oxygen atoms in total. The van der Waals surface area contributed by atoms with Crippen LogP contribution in [0, 0.1) is 0 Å². The second-order valence-corrected chi connectivity index (χ2v) is 6.10. The van der Waals surface area contributed by atoms with Crippen molar-refractivity contribution in [1.82, 2.24) is 0 Å². The molecule has 1 aromatic rings. The van der Waals surface area contributed by atoms with E-state index in [9.17, 15) is 0 Å². The summed E-state index contributed by atoms with van der Waals surface area (Å²) in [6, 6.07) is 4.10. The summed E-state index contributed by atoms with van der Waals surface area (Å²) in [6.45, 7) is 2.24. The van der Waals surface area contributed by atoms with Gasteiger partial charge in [0.05, 0.1) is 0 Å². The van der Waals surface area contributed by atoms with Crippen LogP contribution in [0.4, 0.5) is 0 Å².